The molecule has 1 heterocycles. The Balaban J connectivity index is 2.49. The molecule has 0 bridgehead atoms. The third-order valence-electron chi connectivity index (χ3n) is 2.40. The van der Waals surface area contributed by atoms with Gasteiger partial charge in [-0.3, -0.25) is 0 Å². The predicted octanol–water partition coefficient (Wildman–Crippen LogP) is 1.75. The third kappa shape index (κ3) is 2.24. The highest BCUT2D eigenvalue weighted by molar-refractivity contribution is 5.64. The highest BCUT2D eigenvalue weighted by atomic mass is 19.1. The van der Waals surface area contributed by atoms with Gasteiger partial charge in [0.05, 0.1) is 7.11 Å². The molecule has 0 aliphatic carbocycles. The highest BCUT2D eigenvalue weighted by Gasteiger charge is 2.10. The van der Waals surface area contributed by atoms with E-state index in [0.29, 0.717) is 22.7 Å². The van der Waals surface area contributed by atoms with Crippen LogP contribution in [0.15, 0.2) is 30.6 Å². The van der Waals surface area contributed by atoms with E-state index < -0.39 is 0 Å². The summed E-state index contributed by atoms with van der Waals surface area (Å²) in [6, 6.07) is 4.77. The van der Waals surface area contributed by atoms with Crippen LogP contribution in [0.5, 0.6) is 5.88 Å². The molecule has 0 aliphatic rings. The molecule has 4 nitrogen and oxygen atoms in total. The maximum Gasteiger partial charge on any atom is 0.240 e. The smallest absolute Gasteiger partial charge is 0.240 e. The molecule has 2 N–H and O–H groups in total. The van der Waals surface area contributed by atoms with Gasteiger partial charge in [0, 0.05) is 30.1 Å². The molecule has 2 rings (SSSR count). The average molecular weight is 233 g/mol. The van der Waals surface area contributed by atoms with E-state index in [1.54, 1.807) is 12.1 Å². The summed E-state index contributed by atoms with van der Waals surface area (Å²) in [5.74, 6) is 0.0186. The van der Waals surface area contributed by atoms with Crippen molar-refractivity contribution in [3.8, 4) is 17.1 Å². The summed E-state index contributed by atoms with van der Waals surface area (Å²) < 4.78 is 18.7. The van der Waals surface area contributed by atoms with Crippen LogP contribution in [0.25, 0.3) is 11.3 Å². The number of halogens is 1. The van der Waals surface area contributed by atoms with Crippen LogP contribution in [0.4, 0.5) is 4.39 Å². The minimum atomic E-state index is -0.349. The fourth-order valence-electron chi connectivity index (χ4n) is 1.53. The lowest BCUT2D eigenvalue weighted by Gasteiger charge is -2.07. The first kappa shape index (κ1) is 11.5. The highest BCUT2D eigenvalue weighted by Crippen LogP contribution is 2.26. The van der Waals surface area contributed by atoms with Gasteiger partial charge in [-0.1, -0.05) is 12.1 Å². The lowest BCUT2D eigenvalue weighted by Crippen LogP contribution is -2.00. The Bertz CT molecular complexity index is 531. The predicted molar refractivity (Wildman–Crippen MR) is 61.9 cm³/mol. The van der Waals surface area contributed by atoms with Gasteiger partial charge < -0.3 is 10.5 Å². The van der Waals surface area contributed by atoms with Crippen molar-refractivity contribution in [2.24, 2.45) is 5.73 Å². The minimum absolute atomic E-state index is 0.170. The van der Waals surface area contributed by atoms with Crippen molar-refractivity contribution in [1.82, 2.24) is 9.97 Å². The maximum absolute atomic E-state index is 13.6. The number of nitrogens with zero attached hydrogens (tertiary/aromatic N) is 2. The summed E-state index contributed by atoms with van der Waals surface area (Å²) in [5.41, 5.74) is 7.00. The maximum atomic E-state index is 13.6. The average Bonchev–Trinajstić information content (AvgIpc) is 2.38. The fraction of sp³-hybridized carbons (Fsp3) is 0.167. The molecule has 0 atom stereocenters. The third-order valence-corrected chi connectivity index (χ3v) is 2.40. The number of rotatable bonds is 3. The lowest BCUT2D eigenvalue weighted by atomic mass is 10.1. The van der Waals surface area contributed by atoms with E-state index in [4.69, 9.17) is 10.5 Å². The first-order valence-electron chi connectivity index (χ1n) is 5.10. The summed E-state index contributed by atoms with van der Waals surface area (Å²) in [6.45, 7) is 0.170. The molecule has 0 aliphatic heterocycles. The fourth-order valence-corrected chi connectivity index (χ4v) is 1.53. The number of nitrogens with two attached hydrogens (primary N) is 1. The molecule has 0 fully saturated rings. The van der Waals surface area contributed by atoms with Gasteiger partial charge in [0.25, 0.3) is 0 Å². The first-order chi connectivity index (χ1) is 8.26. The molecule has 2 aromatic rings. The van der Waals surface area contributed by atoms with Crippen molar-refractivity contribution in [3.05, 3.63) is 42.0 Å². The van der Waals surface area contributed by atoms with Gasteiger partial charge in [0.1, 0.15) is 11.5 Å². The molecule has 0 saturated heterocycles. The van der Waals surface area contributed by atoms with Gasteiger partial charge in [0.15, 0.2) is 0 Å². The zero-order valence-electron chi connectivity index (χ0n) is 9.35. The van der Waals surface area contributed by atoms with Crippen LogP contribution in [0, 0.1) is 5.82 Å². The molecule has 17 heavy (non-hydrogen) atoms. The largest absolute Gasteiger partial charge is 0.479 e. The van der Waals surface area contributed by atoms with Crippen molar-refractivity contribution in [3.63, 3.8) is 0 Å². The van der Waals surface area contributed by atoms with E-state index in [9.17, 15) is 4.39 Å². The standard InChI is InChI=1S/C12H12FN3O/c1-17-12-11(15-4-5-16-12)8-2-3-9(7-14)10(13)6-8/h2-6H,7,14H2,1H3. The second kappa shape index (κ2) is 4.88. The van der Waals surface area contributed by atoms with Gasteiger partial charge in [-0.05, 0) is 6.07 Å². The van der Waals surface area contributed by atoms with Gasteiger partial charge in [0.2, 0.25) is 5.88 Å². The summed E-state index contributed by atoms with van der Waals surface area (Å²) >= 11 is 0. The Morgan fingerprint density at radius 3 is 2.71 bits per heavy atom. The quantitative estimate of drug-likeness (QED) is 0.877. The molecule has 5 heteroatoms. The van der Waals surface area contributed by atoms with Crippen LogP contribution < -0.4 is 10.5 Å². The summed E-state index contributed by atoms with van der Waals surface area (Å²) in [5, 5.41) is 0. The van der Waals surface area contributed by atoms with E-state index in [1.165, 1.54) is 25.6 Å². The van der Waals surface area contributed by atoms with Crippen LogP contribution in [0.1, 0.15) is 5.56 Å². The van der Waals surface area contributed by atoms with Crippen molar-refractivity contribution in [2.45, 2.75) is 6.54 Å². The van der Waals surface area contributed by atoms with E-state index in [0.717, 1.165) is 0 Å². The van der Waals surface area contributed by atoms with E-state index in [-0.39, 0.29) is 12.4 Å². The van der Waals surface area contributed by atoms with Crippen molar-refractivity contribution >= 4 is 0 Å². The molecular formula is C12H12FN3O. The Kier molecular flexibility index (Phi) is 3.30. The molecule has 0 radical (unpaired) electrons. The van der Waals surface area contributed by atoms with Crippen LogP contribution in [0.3, 0.4) is 0 Å². The number of hydrogen-bond acceptors (Lipinski definition) is 4. The zero-order valence-corrected chi connectivity index (χ0v) is 9.35. The van der Waals surface area contributed by atoms with Gasteiger partial charge in [-0.25, -0.2) is 14.4 Å². The molecule has 0 unspecified atom stereocenters. The van der Waals surface area contributed by atoms with Crippen molar-refractivity contribution in [1.29, 1.82) is 0 Å². The number of benzene rings is 1. The number of hydrogen-bond donors (Lipinski definition) is 1. The number of aromatic nitrogens is 2. The molecule has 88 valence electrons. The second-order valence-corrected chi connectivity index (χ2v) is 3.42. The molecule has 0 spiro atoms. The van der Waals surface area contributed by atoms with Gasteiger partial charge >= 0.3 is 0 Å². The molecule has 0 saturated carbocycles. The van der Waals surface area contributed by atoms with Crippen LogP contribution in [-0.4, -0.2) is 17.1 Å². The van der Waals surface area contributed by atoms with E-state index in [2.05, 4.69) is 9.97 Å². The van der Waals surface area contributed by atoms with E-state index >= 15 is 0 Å². The summed E-state index contributed by atoms with van der Waals surface area (Å²) in [4.78, 5) is 8.14. The van der Waals surface area contributed by atoms with Crippen LogP contribution >= 0.6 is 0 Å². The molecular weight excluding hydrogens is 221 g/mol. The Morgan fingerprint density at radius 1 is 1.29 bits per heavy atom. The van der Waals surface area contributed by atoms with E-state index in [1.807, 2.05) is 0 Å². The topological polar surface area (TPSA) is 61.0 Å². The first-order valence-corrected chi connectivity index (χ1v) is 5.10. The molecule has 0 amide bonds. The van der Waals surface area contributed by atoms with Crippen LogP contribution in [0.2, 0.25) is 0 Å². The molecule has 1 aromatic carbocycles. The van der Waals surface area contributed by atoms with Gasteiger partial charge in [-0.2, -0.15) is 0 Å². The van der Waals surface area contributed by atoms with Crippen molar-refractivity contribution < 1.29 is 9.13 Å². The summed E-state index contributed by atoms with van der Waals surface area (Å²) in [6.07, 6.45) is 3.06. The normalized spacial score (nSPS) is 10.3. The zero-order chi connectivity index (χ0) is 12.3. The Labute approximate surface area is 98.3 Å². The molecule has 1 aromatic heterocycles. The summed E-state index contributed by atoms with van der Waals surface area (Å²) in [7, 11) is 1.50. The number of ether oxygens (including phenoxy) is 1. The van der Waals surface area contributed by atoms with Crippen LogP contribution in [-0.2, 0) is 6.54 Å². The Hall–Kier alpha value is -2.01. The minimum Gasteiger partial charge on any atom is -0.479 e. The SMILES string of the molecule is COc1nccnc1-c1ccc(CN)c(F)c1. The number of methoxy groups -OCH3 is 1. The monoisotopic (exact) mass is 233 g/mol. The second-order valence-electron chi connectivity index (χ2n) is 3.42. The Morgan fingerprint density at radius 2 is 2.06 bits per heavy atom. The lowest BCUT2D eigenvalue weighted by molar-refractivity contribution is 0.397. The van der Waals surface area contributed by atoms with Crippen molar-refractivity contribution in [2.75, 3.05) is 7.11 Å². The van der Waals surface area contributed by atoms with Gasteiger partial charge in [-0.15, -0.1) is 0 Å².